The molecule has 0 saturated carbocycles. The second-order valence-electron chi connectivity index (χ2n) is 3.31. The zero-order valence-corrected chi connectivity index (χ0v) is 9.81. The molecular formula is C11H12BrN3. The summed E-state index contributed by atoms with van der Waals surface area (Å²) >= 11 is 3.45. The van der Waals surface area contributed by atoms with Crippen molar-refractivity contribution in [3.05, 3.63) is 52.3 Å². The summed E-state index contributed by atoms with van der Waals surface area (Å²) in [5, 5.41) is 4.23. The molecule has 15 heavy (non-hydrogen) atoms. The van der Waals surface area contributed by atoms with E-state index in [4.69, 9.17) is 5.73 Å². The number of benzene rings is 1. The third kappa shape index (κ3) is 2.46. The van der Waals surface area contributed by atoms with Gasteiger partial charge >= 0.3 is 0 Å². The summed E-state index contributed by atoms with van der Waals surface area (Å²) in [5.74, 6) is 0. The molecule has 78 valence electrons. The van der Waals surface area contributed by atoms with Crippen LogP contribution in [0.4, 0.5) is 0 Å². The number of rotatable bonds is 3. The summed E-state index contributed by atoms with van der Waals surface area (Å²) < 4.78 is 3.00. The molecule has 1 aromatic heterocycles. The smallest absolute Gasteiger partial charge is 0.0663 e. The SMILES string of the molecule is NCc1ccnn1Cc1cccc(Br)c1. The highest BCUT2D eigenvalue weighted by molar-refractivity contribution is 9.10. The van der Waals surface area contributed by atoms with Gasteiger partial charge in [0.1, 0.15) is 0 Å². The van der Waals surface area contributed by atoms with Crippen molar-refractivity contribution < 1.29 is 0 Å². The molecule has 0 aliphatic rings. The van der Waals surface area contributed by atoms with Gasteiger partial charge in [0, 0.05) is 17.2 Å². The Hall–Kier alpha value is -1.13. The van der Waals surface area contributed by atoms with Gasteiger partial charge in [0.2, 0.25) is 0 Å². The third-order valence-electron chi connectivity index (χ3n) is 2.24. The largest absolute Gasteiger partial charge is 0.325 e. The van der Waals surface area contributed by atoms with Gasteiger partial charge in [-0.25, -0.2) is 0 Å². The Labute approximate surface area is 97.0 Å². The van der Waals surface area contributed by atoms with Crippen LogP contribution < -0.4 is 5.73 Å². The summed E-state index contributed by atoms with van der Waals surface area (Å²) in [4.78, 5) is 0. The van der Waals surface area contributed by atoms with E-state index in [1.54, 1.807) is 6.20 Å². The Morgan fingerprint density at radius 1 is 1.33 bits per heavy atom. The fraction of sp³-hybridized carbons (Fsp3) is 0.182. The molecule has 0 unspecified atom stereocenters. The Bertz CT molecular complexity index is 451. The van der Waals surface area contributed by atoms with E-state index in [1.807, 2.05) is 22.9 Å². The van der Waals surface area contributed by atoms with Gasteiger partial charge in [-0.1, -0.05) is 28.1 Å². The lowest BCUT2D eigenvalue weighted by molar-refractivity contribution is 0.646. The lowest BCUT2D eigenvalue weighted by Crippen LogP contribution is -2.09. The van der Waals surface area contributed by atoms with Gasteiger partial charge < -0.3 is 5.73 Å². The van der Waals surface area contributed by atoms with Crippen LogP contribution in [0.3, 0.4) is 0 Å². The van der Waals surface area contributed by atoms with Crippen LogP contribution in [0.25, 0.3) is 0 Å². The highest BCUT2D eigenvalue weighted by Crippen LogP contribution is 2.13. The van der Waals surface area contributed by atoms with Crippen molar-refractivity contribution in [1.82, 2.24) is 9.78 Å². The maximum absolute atomic E-state index is 5.61. The number of hydrogen-bond acceptors (Lipinski definition) is 2. The van der Waals surface area contributed by atoms with E-state index in [0.717, 1.165) is 16.7 Å². The molecular weight excluding hydrogens is 254 g/mol. The van der Waals surface area contributed by atoms with Crippen molar-refractivity contribution in [2.45, 2.75) is 13.1 Å². The van der Waals surface area contributed by atoms with Crippen molar-refractivity contribution >= 4 is 15.9 Å². The van der Waals surface area contributed by atoms with Gasteiger partial charge in [0.15, 0.2) is 0 Å². The van der Waals surface area contributed by atoms with Crippen LogP contribution in [0.5, 0.6) is 0 Å². The maximum atomic E-state index is 5.61. The summed E-state index contributed by atoms with van der Waals surface area (Å²) in [5.41, 5.74) is 7.87. The highest BCUT2D eigenvalue weighted by atomic mass is 79.9. The number of halogens is 1. The average Bonchev–Trinajstić information content (AvgIpc) is 2.65. The molecule has 0 bridgehead atoms. The maximum Gasteiger partial charge on any atom is 0.0663 e. The molecule has 0 aliphatic carbocycles. The monoisotopic (exact) mass is 265 g/mol. The van der Waals surface area contributed by atoms with Gasteiger partial charge in [-0.3, -0.25) is 4.68 Å². The molecule has 0 fully saturated rings. The number of nitrogens with two attached hydrogens (primary N) is 1. The van der Waals surface area contributed by atoms with Crippen molar-refractivity contribution in [2.75, 3.05) is 0 Å². The number of nitrogens with zero attached hydrogens (tertiary/aromatic N) is 2. The van der Waals surface area contributed by atoms with E-state index in [1.165, 1.54) is 5.56 Å². The van der Waals surface area contributed by atoms with Crippen LogP contribution in [-0.2, 0) is 13.1 Å². The first-order chi connectivity index (χ1) is 7.29. The molecule has 0 spiro atoms. The molecule has 2 aromatic rings. The van der Waals surface area contributed by atoms with E-state index >= 15 is 0 Å². The van der Waals surface area contributed by atoms with Gasteiger partial charge in [-0.2, -0.15) is 5.10 Å². The zero-order valence-electron chi connectivity index (χ0n) is 8.23. The molecule has 0 atom stereocenters. The number of hydrogen-bond donors (Lipinski definition) is 1. The summed E-state index contributed by atoms with van der Waals surface area (Å²) in [7, 11) is 0. The molecule has 4 heteroatoms. The van der Waals surface area contributed by atoms with E-state index in [2.05, 4.69) is 33.2 Å². The van der Waals surface area contributed by atoms with E-state index in [0.29, 0.717) is 6.54 Å². The Kier molecular flexibility index (Phi) is 3.18. The Morgan fingerprint density at radius 2 is 2.20 bits per heavy atom. The molecule has 3 nitrogen and oxygen atoms in total. The highest BCUT2D eigenvalue weighted by Gasteiger charge is 2.01. The van der Waals surface area contributed by atoms with Crippen LogP contribution in [0, 0.1) is 0 Å². The van der Waals surface area contributed by atoms with Crippen LogP contribution in [0.1, 0.15) is 11.3 Å². The van der Waals surface area contributed by atoms with Crippen molar-refractivity contribution in [3.8, 4) is 0 Å². The second-order valence-corrected chi connectivity index (χ2v) is 4.23. The Balaban J connectivity index is 2.22. The molecule has 1 aromatic carbocycles. The third-order valence-corrected chi connectivity index (χ3v) is 2.73. The molecule has 0 amide bonds. The van der Waals surface area contributed by atoms with Crippen LogP contribution >= 0.6 is 15.9 Å². The number of aromatic nitrogens is 2. The molecule has 2 N–H and O–H groups in total. The fourth-order valence-electron chi connectivity index (χ4n) is 1.48. The standard InChI is InChI=1S/C11H12BrN3/c12-10-3-1-2-9(6-10)8-15-11(7-13)4-5-14-15/h1-6H,7-8,13H2. The lowest BCUT2D eigenvalue weighted by atomic mass is 10.2. The predicted octanol–water partition coefficient (Wildman–Crippen LogP) is 2.15. The molecule has 0 aliphatic heterocycles. The van der Waals surface area contributed by atoms with Crippen molar-refractivity contribution in [2.24, 2.45) is 5.73 Å². The molecule has 0 saturated heterocycles. The van der Waals surface area contributed by atoms with Crippen LogP contribution in [0.15, 0.2) is 41.0 Å². The van der Waals surface area contributed by atoms with Crippen LogP contribution in [0.2, 0.25) is 0 Å². The van der Waals surface area contributed by atoms with E-state index < -0.39 is 0 Å². The Morgan fingerprint density at radius 3 is 2.93 bits per heavy atom. The zero-order chi connectivity index (χ0) is 10.7. The minimum Gasteiger partial charge on any atom is -0.325 e. The first-order valence-electron chi connectivity index (χ1n) is 4.75. The summed E-state index contributed by atoms with van der Waals surface area (Å²) in [6.45, 7) is 1.28. The predicted molar refractivity (Wildman–Crippen MR) is 63.4 cm³/mol. The lowest BCUT2D eigenvalue weighted by Gasteiger charge is -2.06. The van der Waals surface area contributed by atoms with E-state index in [-0.39, 0.29) is 0 Å². The van der Waals surface area contributed by atoms with Gasteiger partial charge in [0.25, 0.3) is 0 Å². The average molecular weight is 266 g/mol. The first-order valence-corrected chi connectivity index (χ1v) is 5.54. The molecule has 2 rings (SSSR count). The second kappa shape index (κ2) is 4.59. The topological polar surface area (TPSA) is 43.8 Å². The van der Waals surface area contributed by atoms with Gasteiger partial charge in [-0.05, 0) is 23.8 Å². The first kappa shape index (κ1) is 10.4. The fourth-order valence-corrected chi connectivity index (χ4v) is 1.93. The normalized spacial score (nSPS) is 10.5. The van der Waals surface area contributed by atoms with Crippen molar-refractivity contribution in [1.29, 1.82) is 0 Å². The molecule has 0 radical (unpaired) electrons. The summed E-state index contributed by atoms with van der Waals surface area (Å²) in [6.07, 6.45) is 1.78. The van der Waals surface area contributed by atoms with Gasteiger partial charge in [-0.15, -0.1) is 0 Å². The van der Waals surface area contributed by atoms with Crippen LogP contribution in [-0.4, -0.2) is 9.78 Å². The minimum absolute atomic E-state index is 0.522. The minimum atomic E-state index is 0.522. The summed E-state index contributed by atoms with van der Waals surface area (Å²) in [6, 6.07) is 10.1. The van der Waals surface area contributed by atoms with E-state index in [9.17, 15) is 0 Å². The quantitative estimate of drug-likeness (QED) is 0.925. The van der Waals surface area contributed by atoms with Crippen molar-refractivity contribution in [3.63, 3.8) is 0 Å². The van der Waals surface area contributed by atoms with Gasteiger partial charge in [0.05, 0.1) is 12.2 Å². The molecule has 1 heterocycles.